The average molecular weight is 338 g/mol. The second-order valence-electron chi connectivity index (χ2n) is 8.97. The van der Waals surface area contributed by atoms with Crippen LogP contribution in [-0.4, -0.2) is 10.7 Å². The van der Waals surface area contributed by atoms with Gasteiger partial charge in [-0.3, -0.25) is 0 Å². The molecule has 0 fully saturated rings. The Bertz CT molecular complexity index is 806. The summed E-state index contributed by atoms with van der Waals surface area (Å²) in [4.78, 5) is 0. The summed E-state index contributed by atoms with van der Waals surface area (Å²) in [5.74, 6) is 1.35. The molecule has 134 valence electrons. The van der Waals surface area contributed by atoms with Crippen molar-refractivity contribution in [3.8, 4) is 22.6 Å². The third kappa shape index (κ3) is 3.15. The van der Waals surface area contributed by atoms with Crippen LogP contribution in [0.2, 0.25) is 0 Å². The summed E-state index contributed by atoms with van der Waals surface area (Å²) >= 11 is 0. The molecule has 0 aromatic heterocycles. The number of phenolic OH excluding ortho intramolecular Hbond substituents is 1. The van der Waals surface area contributed by atoms with Gasteiger partial charge in [-0.2, -0.15) is 0 Å². The van der Waals surface area contributed by atoms with Gasteiger partial charge in [0.25, 0.3) is 0 Å². The number of fused-ring (bicyclic) bond motifs is 1. The van der Waals surface area contributed by atoms with Crippen LogP contribution < -0.4 is 4.74 Å². The molecule has 2 heteroatoms. The van der Waals surface area contributed by atoms with Crippen molar-refractivity contribution in [1.82, 2.24) is 0 Å². The van der Waals surface area contributed by atoms with Gasteiger partial charge in [0.15, 0.2) is 0 Å². The molecule has 0 radical (unpaired) electrons. The van der Waals surface area contributed by atoms with Crippen molar-refractivity contribution in [1.29, 1.82) is 0 Å². The molecule has 0 bridgehead atoms. The number of rotatable bonds is 1. The third-order valence-electron chi connectivity index (χ3n) is 5.47. The third-order valence-corrected chi connectivity index (χ3v) is 5.47. The number of aromatic hydroxyl groups is 1. The van der Waals surface area contributed by atoms with Crippen molar-refractivity contribution >= 4 is 0 Å². The normalized spacial score (nSPS) is 16.3. The standard InChI is InChI=1S/C23H30O2/c1-14-15(2)21-18(12-13-23(6,7)25-21)19(20(14)24)16-8-10-17(11-9-16)22(3,4)5/h8-11,24H,12-13H2,1-7H3. The summed E-state index contributed by atoms with van der Waals surface area (Å²) < 4.78 is 6.31. The fourth-order valence-electron chi connectivity index (χ4n) is 3.60. The van der Waals surface area contributed by atoms with Crippen molar-refractivity contribution in [2.45, 2.75) is 72.3 Å². The Morgan fingerprint density at radius 3 is 2.16 bits per heavy atom. The maximum Gasteiger partial charge on any atom is 0.127 e. The van der Waals surface area contributed by atoms with E-state index in [2.05, 4.69) is 58.9 Å². The zero-order valence-corrected chi connectivity index (χ0v) is 16.6. The van der Waals surface area contributed by atoms with Gasteiger partial charge in [-0.15, -0.1) is 0 Å². The van der Waals surface area contributed by atoms with Crippen molar-refractivity contribution < 1.29 is 9.84 Å². The van der Waals surface area contributed by atoms with Crippen LogP contribution in [0.25, 0.3) is 11.1 Å². The highest BCUT2D eigenvalue weighted by Gasteiger charge is 2.32. The Hall–Kier alpha value is -1.96. The van der Waals surface area contributed by atoms with E-state index in [0.717, 1.165) is 46.4 Å². The first-order valence-corrected chi connectivity index (χ1v) is 9.16. The molecule has 2 nitrogen and oxygen atoms in total. The molecule has 2 aromatic rings. The van der Waals surface area contributed by atoms with Crippen LogP contribution in [0, 0.1) is 13.8 Å². The quantitative estimate of drug-likeness (QED) is 0.683. The fourth-order valence-corrected chi connectivity index (χ4v) is 3.60. The highest BCUT2D eigenvalue weighted by atomic mass is 16.5. The van der Waals surface area contributed by atoms with Crippen LogP contribution in [0.1, 0.15) is 63.3 Å². The summed E-state index contributed by atoms with van der Waals surface area (Å²) in [7, 11) is 0. The van der Waals surface area contributed by atoms with Gasteiger partial charge in [-0.1, -0.05) is 45.0 Å². The van der Waals surface area contributed by atoms with E-state index in [1.807, 2.05) is 13.8 Å². The summed E-state index contributed by atoms with van der Waals surface area (Å²) in [5.41, 5.74) is 6.36. The molecule has 1 aliphatic heterocycles. The van der Waals surface area contributed by atoms with Crippen LogP contribution in [0.4, 0.5) is 0 Å². The van der Waals surface area contributed by atoms with Crippen molar-refractivity contribution in [2.24, 2.45) is 0 Å². The zero-order valence-electron chi connectivity index (χ0n) is 16.6. The Kier molecular flexibility index (Phi) is 4.14. The summed E-state index contributed by atoms with van der Waals surface area (Å²) in [6.45, 7) is 14.9. The Morgan fingerprint density at radius 2 is 1.60 bits per heavy atom. The number of hydrogen-bond acceptors (Lipinski definition) is 2. The predicted molar refractivity (Wildman–Crippen MR) is 105 cm³/mol. The number of hydrogen-bond donors (Lipinski definition) is 1. The summed E-state index contributed by atoms with van der Waals surface area (Å²) in [6, 6.07) is 8.60. The number of ether oxygens (including phenoxy) is 1. The maximum absolute atomic E-state index is 10.9. The highest BCUT2D eigenvalue weighted by molar-refractivity contribution is 5.80. The fraction of sp³-hybridized carbons (Fsp3) is 0.478. The van der Waals surface area contributed by atoms with E-state index in [1.54, 1.807) is 0 Å². The smallest absolute Gasteiger partial charge is 0.127 e. The largest absolute Gasteiger partial charge is 0.507 e. The van der Waals surface area contributed by atoms with Gasteiger partial charge in [-0.05, 0) is 68.2 Å². The SMILES string of the molecule is Cc1c(C)c2c(c(-c3ccc(C(C)(C)C)cc3)c1O)CCC(C)(C)O2. The molecular weight excluding hydrogens is 308 g/mol. The lowest BCUT2D eigenvalue weighted by atomic mass is 9.83. The Morgan fingerprint density at radius 1 is 1.00 bits per heavy atom. The van der Waals surface area contributed by atoms with Gasteiger partial charge < -0.3 is 9.84 Å². The second-order valence-corrected chi connectivity index (χ2v) is 8.97. The summed E-state index contributed by atoms with van der Waals surface area (Å²) in [6.07, 6.45) is 1.88. The maximum atomic E-state index is 10.9. The molecule has 3 rings (SSSR count). The monoisotopic (exact) mass is 338 g/mol. The van der Waals surface area contributed by atoms with E-state index in [9.17, 15) is 5.11 Å². The highest BCUT2D eigenvalue weighted by Crippen LogP contribution is 2.47. The van der Waals surface area contributed by atoms with E-state index >= 15 is 0 Å². The molecular formula is C23H30O2. The molecule has 25 heavy (non-hydrogen) atoms. The minimum Gasteiger partial charge on any atom is -0.507 e. The van der Waals surface area contributed by atoms with Crippen molar-refractivity contribution in [2.75, 3.05) is 0 Å². The van der Waals surface area contributed by atoms with E-state index in [-0.39, 0.29) is 11.0 Å². The lowest BCUT2D eigenvalue weighted by Gasteiger charge is -2.35. The first-order chi connectivity index (χ1) is 11.5. The van der Waals surface area contributed by atoms with Crippen LogP contribution in [0.3, 0.4) is 0 Å². The van der Waals surface area contributed by atoms with E-state index in [4.69, 9.17) is 4.74 Å². The lowest BCUT2D eigenvalue weighted by Crippen LogP contribution is -2.33. The van der Waals surface area contributed by atoms with Crippen molar-refractivity contribution in [3.05, 3.63) is 46.5 Å². The Balaban J connectivity index is 2.19. The van der Waals surface area contributed by atoms with Crippen LogP contribution in [-0.2, 0) is 11.8 Å². The molecule has 1 N–H and O–H groups in total. The minimum atomic E-state index is -0.158. The van der Waals surface area contributed by atoms with Gasteiger partial charge in [0.05, 0.1) is 0 Å². The van der Waals surface area contributed by atoms with E-state index in [0.29, 0.717) is 5.75 Å². The first kappa shape index (κ1) is 17.8. The molecule has 0 unspecified atom stereocenters. The molecule has 0 atom stereocenters. The summed E-state index contributed by atoms with van der Waals surface area (Å²) in [5, 5.41) is 10.9. The lowest BCUT2D eigenvalue weighted by molar-refractivity contribution is 0.0836. The second kappa shape index (κ2) is 5.79. The zero-order chi connectivity index (χ0) is 18.6. The van der Waals surface area contributed by atoms with Gasteiger partial charge in [-0.25, -0.2) is 0 Å². The van der Waals surface area contributed by atoms with Gasteiger partial charge in [0.1, 0.15) is 17.1 Å². The Labute approximate surface area is 151 Å². The van der Waals surface area contributed by atoms with Crippen LogP contribution in [0.15, 0.2) is 24.3 Å². The molecule has 2 aromatic carbocycles. The van der Waals surface area contributed by atoms with Crippen LogP contribution >= 0.6 is 0 Å². The van der Waals surface area contributed by atoms with Crippen LogP contribution in [0.5, 0.6) is 11.5 Å². The van der Waals surface area contributed by atoms with Crippen molar-refractivity contribution in [3.63, 3.8) is 0 Å². The predicted octanol–water partition coefficient (Wildman–Crippen LogP) is 6.08. The molecule has 1 aliphatic rings. The van der Waals surface area contributed by atoms with Gasteiger partial charge >= 0.3 is 0 Å². The van der Waals surface area contributed by atoms with E-state index < -0.39 is 0 Å². The molecule has 0 saturated carbocycles. The molecule has 0 spiro atoms. The first-order valence-electron chi connectivity index (χ1n) is 9.16. The molecule has 0 saturated heterocycles. The van der Waals surface area contributed by atoms with Gasteiger partial charge in [0.2, 0.25) is 0 Å². The molecule has 0 amide bonds. The number of phenols is 1. The molecule has 0 aliphatic carbocycles. The average Bonchev–Trinajstić information content (AvgIpc) is 2.53. The van der Waals surface area contributed by atoms with E-state index in [1.165, 1.54) is 5.56 Å². The topological polar surface area (TPSA) is 29.5 Å². The molecule has 1 heterocycles. The van der Waals surface area contributed by atoms with Gasteiger partial charge in [0, 0.05) is 11.1 Å². The minimum absolute atomic E-state index is 0.121. The number of benzene rings is 2.